The topological polar surface area (TPSA) is 47.3 Å². The number of hydrogen-bond acceptors (Lipinski definition) is 3. The fourth-order valence-electron chi connectivity index (χ4n) is 3.62. The predicted octanol–water partition coefficient (Wildman–Crippen LogP) is 1.90. The van der Waals surface area contributed by atoms with Crippen LogP contribution in [-0.4, -0.2) is 22.0 Å². The summed E-state index contributed by atoms with van der Waals surface area (Å²) in [6.45, 7) is 0. The maximum Gasteiger partial charge on any atom is 0.162 e. The molecule has 4 nitrogen and oxygen atoms in total. The van der Waals surface area contributed by atoms with Crippen molar-refractivity contribution in [2.24, 2.45) is 24.8 Å². The Hall–Kier alpha value is -1.03. The minimum Gasteiger partial charge on any atom is -0.493 e. The molecule has 2 aliphatic carbocycles. The molecule has 2 aliphatic rings. The Kier molecular flexibility index (Phi) is 2.62. The summed E-state index contributed by atoms with van der Waals surface area (Å²) >= 11 is 0. The SMILES string of the molecule is COc1cnn(C)c1C(O)C1C2CCCCC21. The van der Waals surface area contributed by atoms with Crippen molar-refractivity contribution in [1.29, 1.82) is 0 Å². The molecule has 3 rings (SSSR count). The molecular weight excluding hydrogens is 216 g/mol. The first-order valence-corrected chi connectivity index (χ1v) is 6.48. The number of aliphatic hydroxyl groups is 1. The molecule has 94 valence electrons. The van der Waals surface area contributed by atoms with E-state index in [0.717, 1.165) is 17.5 Å². The van der Waals surface area contributed by atoms with Crippen LogP contribution in [-0.2, 0) is 7.05 Å². The molecule has 0 bridgehead atoms. The number of methoxy groups -OCH3 is 1. The van der Waals surface area contributed by atoms with Crippen LogP contribution in [0.1, 0.15) is 37.5 Å². The third-order valence-corrected chi connectivity index (χ3v) is 4.54. The zero-order valence-corrected chi connectivity index (χ0v) is 10.5. The first-order chi connectivity index (χ1) is 8.24. The molecule has 1 aromatic heterocycles. The van der Waals surface area contributed by atoms with Crippen molar-refractivity contribution in [2.45, 2.75) is 31.8 Å². The van der Waals surface area contributed by atoms with E-state index in [1.807, 2.05) is 7.05 Å². The van der Waals surface area contributed by atoms with Gasteiger partial charge in [-0.1, -0.05) is 12.8 Å². The molecule has 3 atom stereocenters. The largest absolute Gasteiger partial charge is 0.493 e. The highest BCUT2D eigenvalue weighted by molar-refractivity contribution is 5.29. The Morgan fingerprint density at radius 3 is 2.65 bits per heavy atom. The number of fused-ring (bicyclic) bond motifs is 1. The summed E-state index contributed by atoms with van der Waals surface area (Å²) in [6, 6.07) is 0. The number of aromatic nitrogens is 2. The molecule has 4 heteroatoms. The van der Waals surface area contributed by atoms with E-state index in [0.29, 0.717) is 11.7 Å². The van der Waals surface area contributed by atoms with Crippen LogP contribution in [0.2, 0.25) is 0 Å². The quantitative estimate of drug-likeness (QED) is 0.872. The van der Waals surface area contributed by atoms with E-state index in [9.17, 15) is 5.11 Å². The molecule has 2 fully saturated rings. The van der Waals surface area contributed by atoms with E-state index in [4.69, 9.17) is 4.74 Å². The van der Waals surface area contributed by atoms with Gasteiger partial charge < -0.3 is 9.84 Å². The van der Waals surface area contributed by atoms with Crippen molar-refractivity contribution in [3.8, 4) is 5.75 Å². The lowest BCUT2D eigenvalue weighted by atomic mass is 10.0. The maximum absolute atomic E-state index is 10.5. The Balaban J connectivity index is 1.82. The number of aliphatic hydroxyl groups excluding tert-OH is 1. The van der Waals surface area contributed by atoms with Crippen LogP contribution >= 0.6 is 0 Å². The lowest BCUT2D eigenvalue weighted by Gasteiger charge is -2.12. The van der Waals surface area contributed by atoms with E-state index in [1.54, 1.807) is 18.0 Å². The van der Waals surface area contributed by atoms with Crippen LogP contribution in [0.25, 0.3) is 0 Å². The minimum absolute atomic E-state index is 0.412. The molecule has 0 aromatic carbocycles. The average molecular weight is 236 g/mol. The summed E-state index contributed by atoms with van der Waals surface area (Å²) in [6.07, 6.45) is 6.49. The number of nitrogens with zero attached hydrogens (tertiary/aromatic N) is 2. The first kappa shape index (κ1) is 11.1. The van der Waals surface area contributed by atoms with Gasteiger partial charge in [-0.15, -0.1) is 0 Å². The number of ether oxygens (including phenoxy) is 1. The molecule has 2 saturated carbocycles. The minimum atomic E-state index is -0.412. The van der Waals surface area contributed by atoms with Gasteiger partial charge in [0, 0.05) is 7.05 Å². The molecule has 0 saturated heterocycles. The second-order valence-electron chi connectivity index (χ2n) is 5.36. The molecule has 0 aliphatic heterocycles. The number of hydrogen-bond donors (Lipinski definition) is 1. The molecule has 1 heterocycles. The molecule has 17 heavy (non-hydrogen) atoms. The van der Waals surface area contributed by atoms with Crippen LogP contribution in [0.15, 0.2) is 6.20 Å². The normalized spacial score (nSPS) is 33.0. The van der Waals surface area contributed by atoms with Crippen molar-refractivity contribution >= 4 is 0 Å². The van der Waals surface area contributed by atoms with Crippen molar-refractivity contribution in [1.82, 2.24) is 9.78 Å². The van der Waals surface area contributed by atoms with Crippen molar-refractivity contribution in [2.75, 3.05) is 7.11 Å². The van der Waals surface area contributed by atoms with Gasteiger partial charge in [0.05, 0.1) is 13.3 Å². The first-order valence-electron chi connectivity index (χ1n) is 6.48. The van der Waals surface area contributed by atoms with Crippen LogP contribution < -0.4 is 4.74 Å². The molecule has 0 amide bonds. The van der Waals surface area contributed by atoms with Crippen LogP contribution in [0.5, 0.6) is 5.75 Å². The zero-order chi connectivity index (χ0) is 12.0. The molecule has 3 unspecified atom stereocenters. The molecular formula is C13H20N2O2. The molecule has 1 N–H and O–H groups in total. The third-order valence-electron chi connectivity index (χ3n) is 4.54. The zero-order valence-electron chi connectivity index (χ0n) is 10.5. The van der Waals surface area contributed by atoms with Gasteiger partial charge in [0.15, 0.2) is 5.75 Å². The van der Waals surface area contributed by atoms with Gasteiger partial charge >= 0.3 is 0 Å². The van der Waals surface area contributed by atoms with Gasteiger partial charge in [-0.25, -0.2) is 0 Å². The summed E-state index contributed by atoms with van der Waals surface area (Å²) < 4.78 is 7.02. The fourth-order valence-corrected chi connectivity index (χ4v) is 3.62. The van der Waals surface area contributed by atoms with E-state index in [1.165, 1.54) is 25.7 Å². The van der Waals surface area contributed by atoms with Crippen molar-refractivity contribution < 1.29 is 9.84 Å². The standard InChI is InChI=1S/C13H20N2O2/c1-15-12(10(17-2)7-14-15)13(16)11-8-5-3-4-6-9(8)11/h7-9,11,13,16H,3-6H2,1-2H3. The van der Waals surface area contributed by atoms with E-state index < -0.39 is 6.10 Å². The predicted molar refractivity (Wildman–Crippen MR) is 63.7 cm³/mol. The van der Waals surface area contributed by atoms with Crippen LogP contribution in [0, 0.1) is 17.8 Å². The molecule has 1 aromatic rings. The molecule has 0 radical (unpaired) electrons. The Morgan fingerprint density at radius 2 is 2.06 bits per heavy atom. The van der Waals surface area contributed by atoms with Gasteiger partial charge in [0.25, 0.3) is 0 Å². The third kappa shape index (κ3) is 1.66. The summed E-state index contributed by atoms with van der Waals surface area (Å²) in [4.78, 5) is 0. The Morgan fingerprint density at radius 1 is 1.41 bits per heavy atom. The van der Waals surface area contributed by atoms with E-state index in [2.05, 4.69) is 5.10 Å². The van der Waals surface area contributed by atoms with Crippen LogP contribution in [0.4, 0.5) is 0 Å². The fraction of sp³-hybridized carbons (Fsp3) is 0.769. The Bertz CT molecular complexity index is 404. The maximum atomic E-state index is 10.5. The number of aryl methyl sites for hydroxylation is 1. The van der Waals surface area contributed by atoms with Gasteiger partial charge in [-0.05, 0) is 30.6 Å². The average Bonchev–Trinajstić information content (AvgIpc) is 2.96. The second-order valence-corrected chi connectivity index (χ2v) is 5.36. The number of rotatable bonds is 3. The monoisotopic (exact) mass is 236 g/mol. The van der Waals surface area contributed by atoms with Gasteiger partial charge in [0.2, 0.25) is 0 Å². The summed E-state index contributed by atoms with van der Waals surface area (Å²) in [5.41, 5.74) is 0.840. The summed E-state index contributed by atoms with van der Waals surface area (Å²) in [5, 5.41) is 14.7. The summed E-state index contributed by atoms with van der Waals surface area (Å²) in [5.74, 6) is 2.61. The Labute approximate surface area is 102 Å². The second kappa shape index (κ2) is 4.02. The van der Waals surface area contributed by atoms with Gasteiger partial charge in [0.1, 0.15) is 11.8 Å². The van der Waals surface area contributed by atoms with Crippen molar-refractivity contribution in [3.05, 3.63) is 11.9 Å². The highest BCUT2D eigenvalue weighted by Crippen LogP contribution is 2.60. The van der Waals surface area contributed by atoms with Crippen molar-refractivity contribution in [3.63, 3.8) is 0 Å². The highest BCUT2D eigenvalue weighted by Gasteiger charge is 2.55. The molecule has 0 spiro atoms. The lowest BCUT2D eigenvalue weighted by molar-refractivity contribution is 0.129. The lowest BCUT2D eigenvalue weighted by Crippen LogP contribution is -2.10. The van der Waals surface area contributed by atoms with Gasteiger partial charge in [-0.2, -0.15) is 5.10 Å². The van der Waals surface area contributed by atoms with Gasteiger partial charge in [-0.3, -0.25) is 4.68 Å². The van der Waals surface area contributed by atoms with E-state index in [-0.39, 0.29) is 0 Å². The highest BCUT2D eigenvalue weighted by atomic mass is 16.5. The van der Waals surface area contributed by atoms with Crippen LogP contribution in [0.3, 0.4) is 0 Å². The summed E-state index contributed by atoms with van der Waals surface area (Å²) in [7, 11) is 3.50. The van der Waals surface area contributed by atoms with E-state index >= 15 is 0 Å². The smallest absolute Gasteiger partial charge is 0.162 e.